The Morgan fingerprint density at radius 3 is 2.71 bits per heavy atom. The third-order valence-electron chi connectivity index (χ3n) is 4.47. The lowest BCUT2D eigenvalue weighted by molar-refractivity contribution is 0.0209. The number of halogens is 2. The summed E-state index contributed by atoms with van der Waals surface area (Å²) in [5.41, 5.74) is 0.712. The van der Waals surface area contributed by atoms with Crippen LogP contribution in [0.3, 0.4) is 0 Å². The highest BCUT2D eigenvalue weighted by Crippen LogP contribution is 2.30. The van der Waals surface area contributed by atoms with Crippen molar-refractivity contribution in [1.29, 1.82) is 0 Å². The molecule has 1 amide bonds. The molecule has 1 N–H and O–H groups in total. The van der Waals surface area contributed by atoms with Gasteiger partial charge in [0.05, 0.1) is 17.7 Å². The van der Waals surface area contributed by atoms with Crippen molar-refractivity contribution in [2.45, 2.75) is 31.4 Å². The van der Waals surface area contributed by atoms with Crippen LogP contribution in [0.5, 0.6) is 0 Å². The number of carbonyl (C=O) groups excluding carboxylic acids is 1. The first kappa shape index (κ1) is 16.9. The standard InChI is InChI=1S/C19H19ClFNO2/c20-14-9-10-16(21)15(12-14)19(24)22-11-5-4-8-17(22)18(23)13-6-2-1-3-7-13/h1-3,6-7,9-10,12,17-18,23H,4-5,8,11H2. The van der Waals surface area contributed by atoms with E-state index in [4.69, 9.17) is 11.6 Å². The topological polar surface area (TPSA) is 40.5 Å². The molecule has 2 aromatic carbocycles. The minimum Gasteiger partial charge on any atom is -0.386 e. The fourth-order valence-corrected chi connectivity index (χ4v) is 3.40. The first-order valence-corrected chi connectivity index (χ1v) is 8.45. The summed E-state index contributed by atoms with van der Waals surface area (Å²) in [5.74, 6) is -1.02. The summed E-state index contributed by atoms with van der Waals surface area (Å²) < 4.78 is 14.1. The predicted molar refractivity (Wildman–Crippen MR) is 91.5 cm³/mol. The number of nitrogens with zero attached hydrogens (tertiary/aromatic N) is 1. The van der Waals surface area contributed by atoms with E-state index in [0.29, 0.717) is 18.0 Å². The van der Waals surface area contributed by atoms with E-state index in [9.17, 15) is 14.3 Å². The van der Waals surface area contributed by atoms with Crippen LogP contribution in [0, 0.1) is 5.82 Å². The predicted octanol–water partition coefficient (Wildman–Crippen LogP) is 4.21. The number of likely N-dealkylation sites (tertiary alicyclic amines) is 1. The second kappa shape index (κ2) is 7.32. The fraction of sp³-hybridized carbons (Fsp3) is 0.316. The van der Waals surface area contributed by atoms with E-state index in [1.54, 1.807) is 4.90 Å². The molecule has 24 heavy (non-hydrogen) atoms. The number of piperidine rings is 1. The van der Waals surface area contributed by atoms with Gasteiger partial charge in [0.25, 0.3) is 5.91 Å². The molecular formula is C19H19ClFNO2. The quantitative estimate of drug-likeness (QED) is 0.903. The number of hydrogen-bond acceptors (Lipinski definition) is 2. The third-order valence-corrected chi connectivity index (χ3v) is 4.71. The SMILES string of the molecule is O=C(c1cc(Cl)ccc1F)N1CCCCC1C(O)c1ccccc1. The maximum absolute atomic E-state index is 14.1. The van der Waals surface area contributed by atoms with Gasteiger partial charge in [-0.1, -0.05) is 41.9 Å². The summed E-state index contributed by atoms with van der Waals surface area (Å²) in [6, 6.07) is 12.8. The Kier molecular flexibility index (Phi) is 5.17. The molecule has 3 rings (SSSR count). The normalized spacial score (nSPS) is 19.1. The lowest BCUT2D eigenvalue weighted by Gasteiger charge is -2.38. The molecule has 126 valence electrons. The van der Waals surface area contributed by atoms with Crippen molar-refractivity contribution in [2.24, 2.45) is 0 Å². The number of rotatable bonds is 3. The molecule has 0 aliphatic carbocycles. The molecule has 1 aliphatic rings. The summed E-state index contributed by atoms with van der Waals surface area (Å²) in [4.78, 5) is 14.4. The minimum atomic E-state index is -0.794. The Hall–Kier alpha value is -1.91. The second-order valence-electron chi connectivity index (χ2n) is 6.04. The average Bonchev–Trinajstić information content (AvgIpc) is 2.63. The van der Waals surface area contributed by atoms with Gasteiger partial charge in [-0.3, -0.25) is 4.79 Å². The first-order chi connectivity index (χ1) is 11.6. The smallest absolute Gasteiger partial charge is 0.257 e. The van der Waals surface area contributed by atoms with Crippen molar-refractivity contribution in [3.63, 3.8) is 0 Å². The van der Waals surface area contributed by atoms with Crippen molar-refractivity contribution in [3.8, 4) is 0 Å². The summed E-state index contributed by atoms with van der Waals surface area (Å²) in [6.07, 6.45) is 1.66. The van der Waals surface area contributed by atoms with Crippen molar-refractivity contribution in [2.75, 3.05) is 6.54 Å². The van der Waals surface area contributed by atoms with Crippen molar-refractivity contribution >= 4 is 17.5 Å². The van der Waals surface area contributed by atoms with Gasteiger partial charge in [-0.05, 0) is 43.0 Å². The molecule has 0 saturated carbocycles. The molecular weight excluding hydrogens is 329 g/mol. The summed E-state index contributed by atoms with van der Waals surface area (Å²) >= 11 is 5.91. The lowest BCUT2D eigenvalue weighted by atomic mass is 9.92. The Labute approximate surface area is 145 Å². The minimum absolute atomic E-state index is 0.0466. The number of hydrogen-bond donors (Lipinski definition) is 1. The molecule has 0 spiro atoms. The lowest BCUT2D eigenvalue weighted by Crippen LogP contribution is -2.47. The van der Waals surface area contributed by atoms with E-state index >= 15 is 0 Å². The third kappa shape index (κ3) is 3.45. The molecule has 1 heterocycles. The van der Waals surface area contributed by atoms with E-state index in [-0.39, 0.29) is 11.6 Å². The first-order valence-electron chi connectivity index (χ1n) is 8.07. The van der Waals surface area contributed by atoms with E-state index in [0.717, 1.165) is 18.4 Å². The van der Waals surface area contributed by atoms with Gasteiger partial charge in [0.1, 0.15) is 5.82 Å². The number of amides is 1. The van der Waals surface area contributed by atoms with Crippen molar-refractivity contribution < 1.29 is 14.3 Å². The zero-order valence-corrected chi connectivity index (χ0v) is 13.9. The van der Waals surface area contributed by atoms with Crippen LogP contribution in [0.2, 0.25) is 5.02 Å². The number of benzene rings is 2. The summed E-state index contributed by atoms with van der Waals surface area (Å²) in [6.45, 7) is 0.499. The second-order valence-corrected chi connectivity index (χ2v) is 6.48. The monoisotopic (exact) mass is 347 g/mol. The number of carbonyl (C=O) groups is 1. The molecule has 1 saturated heterocycles. The molecule has 2 aromatic rings. The molecule has 3 nitrogen and oxygen atoms in total. The molecule has 2 atom stereocenters. The molecule has 0 radical (unpaired) electrons. The zero-order chi connectivity index (χ0) is 17.1. The Balaban J connectivity index is 1.89. The maximum atomic E-state index is 14.1. The fourth-order valence-electron chi connectivity index (χ4n) is 3.23. The van der Waals surface area contributed by atoms with Crippen molar-refractivity contribution in [3.05, 3.63) is 70.5 Å². The van der Waals surface area contributed by atoms with Crippen LogP contribution in [0.15, 0.2) is 48.5 Å². The molecule has 1 aliphatic heterocycles. The van der Waals surface area contributed by atoms with E-state index in [1.807, 2.05) is 30.3 Å². The molecule has 5 heteroatoms. The van der Waals surface area contributed by atoms with Crippen LogP contribution in [-0.4, -0.2) is 28.5 Å². The van der Waals surface area contributed by atoms with Gasteiger partial charge < -0.3 is 10.0 Å². The Morgan fingerprint density at radius 1 is 1.21 bits per heavy atom. The van der Waals surface area contributed by atoms with Gasteiger partial charge in [0.15, 0.2) is 0 Å². The highest BCUT2D eigenvalue weighted by atomic mass is 35.5. The highest BCUT2D eigenvalue weighted by molar-refractivity contribution is 6.31. The maximum Gasteiger partial charge on any atom is 0.257 e. The average molecular weight is 348 g/mol. The van der Waals surface area contributed by atoms with E-state index in [2.05, 4.69) is 0 Å². The van der Waals surface area contributed by atoms with Gasteiger partial charge >= 0.3 is 0 Å². The molecule has 0 aromatic heterocycles. The van der Waals surface area contributed by atoms with Gasteiger partial charge in [-0.15, -0.1) is 0 Å². The van der Waals surface area contributed by atoms with Crippen LogP contribution >= 0.6 is 11.6 Å². The number of aliphatic hydroxyl groups excluding tert-OH is 1. The van der Waals surface area contributed by atoms with Crippen LogP contribution in [0.25, 0.3) is 0 Å². The van der Waals surface area contributed by atoms with Crippen LogP contribution in [0.4, 0.5) is 4.39 Å². The Morgan fingerprint density at radius 2 is 1.96 bits per heavy atom. The van der Waals surface area contributed by atoms with Gasteiger partial charge in [0.2, 0.25) is 0 Å². The largest absolute Gasteiger partial charge is 0.386 e. The molecule has 2 unspecified atom stereocenters. The van der Waals surface area contributed by atoms with Crippen LogP contribution in [0.1, 0.15) is 41.3 Å². The summed E-state index contributed by atoms with van der Waals surface area (Å²) in [7, 11) is 0. The van der Waals surface area contributed by atoms with Crippen LogP contribution in [-0.2, 0) is 0 Å². The summed E-state index contributed by atoms with van der Waals surface area (Å²) in [5, 5.41) is 11.0. The highest BCUT2D eigenvalue weighted by Gasteiger charge is 2.34. The van der Waals surface area contributed by atoms with E-state index < -0.39 is 17.8 Å². The Bertz CT molecular complexity index is 723. The molecule has 1 fully saturated rings. The molecule has 0 bridgehead atoms. The van der Waals surface area contributed by atoms with Gasteiger partial charge in [0, 0.05) is 11.6 Å². The van der Waals surface area contributed by atoms with Gasteiger partial charge in [-0.2, -0.15) is 0 Å². The number of aliphatic hydroxyl groups is 1. The van der Waals surface area contributed by atoms with Crippen LogP contribution < -0.4 is 0 Å². The van der Waals surface area contributed by atoms with Gasteiger partial charge in [-0.25, -0.2) is 4.39 Å². The zero-order valence-electron chi connectivity index (χ0n) is 13.2. The van der Waals surface area contributed by atoms with E-state index in [1.165, 1.54) is 18.2 Å². The van der Waals surface area contributed by atoms with Crippen molar-refractivity contribution in [1.82, 2.24) is 4.90 Å².